The molecule has 2 N–H and O–H groups in total. The Bertz CT molecular complexity index is 1120. The van der Waals surface area contributed by atoms with Crippen molar-refractivity contribution in [2.75, 3.05) is 26.7 Å². The average molecular weight is 487 g/mol. The molecule has 0 aromatic heterocycles. The fourth-order valence-corrected chi connectivity index (χ4v) is 5.03. The predicted molar refractivity (Wildman–Crippen MR) is 146 cm³/mol. The number of rotatable bonds is 7. The summed E-state index contributed by atoms with van der Waals surface area (Å²) in [4.78, 5) is 19.4. The van der Waals surface area contributed by atoms with Crippen molar-refractivity contribution in [3.63, 3.8) is 0 Å². The van der Waals surface area contributed by atoms with Crippen molar-refractivity contribution < 1.29 is 9.90 Å². The molecule has 0 radical (unpaired) electrons. The van der Waals surface area contributed by atoms with Gasteiger partial charge in [-0.25, -0.2) is 0 Å². The molecule has 0 atom stereocenters. The highest BCUT2D eigenvalue weighted by molar-refractivity contribution is 5.96. The number of nitrogens with zero attached hydrogens (tertiary/aromatic N) is 3. The van der Waals surface area contributed by atoms with Crippen molar-refractivity contribution in [3.05, 3.63) is 76.0 Å². The van der Waals surface area contributed by atoms with Crippen molar-refractivity contribution in [3.8, 4) is 6.07 Å². The Morgan fingerprint density at radius 2 is 1.81 bits per heavy atom. The van der Waals surface area contributed by atoms with Gasteiger partial charge in [0.25, 0.3) is 5.91 Å². The molecule has 2 aromatic rings. The highest BCUT2D eigenvalue weighted by Crippen LogP contribution is 2.30. The largest absolute Gasteiger partial charge is 0.400 e. The van der Waals surface area contributed by atoms with Crippen LogP contribution in [0.25, 0.3) is 5.70 Å². The van der Waals surface area contributed by atoms with Crippen LogP contribution in [0.3, 0.4) is 0 Å². The van der Waals surface area contributed by atoms with Gasteiger partial charge in [0.05, 0.1) is 23.0 Å². The van der Waals surface area contributed by atoms with Crippen LogP contribution in [-0.4, -0.2) is 49.4 Å². The SMILES string of the molecule is C=N/C(C)=C(\NCC1CCCCC1)c1cc(C(=O)N2CC(c3ccc(C#N)cc3)C2)ccc1C.CO. The van der Waals surface area contributed by atoms with Gasteiger partial charge in [0.15, 0.2) is 0 Å². The van der Waals surface area contributed by atoms with Crippen LogP contribution in [0.2, 0.25) is 0 Å². The molecule has 6 nitrogen and oxygen atoms in total. The fraction of sp³-hybridized carbons (Fsp3) is 0.433. The molecule has 190 valence electrons. The second-order valence-corrected chi connectivity index (χ2v) is 9.67. The molecule has 0 bridgehead atoms. The molecule has 1 heterocycles. The number of aliphatic imine (C=N–C) groups is 1. The summed E-state index contributed by atoms with van der Waals surface area (Å²) in [6, 6.07) is 15.8. The summed E-state index contributed by atoms with van der Waals surface area (Å²) in [5, 5.41) is 19.6. The van der Waals surface area contributed by atoms with Gasteiger partial charge < -0.3 is 15.3 Å². The average Bonchev–Trinajstić information content (AvgIpc) is 2.90. The highest BCUT2D eigenvalue weighted by atomic mass is 16.2. The monoisotopic (exact) mass is 486 g/mol. The Kier molecular flexibility index (Phi) is 9.84. The molecule has 4 rings (SSSR count). The van der Waals surface area contributed by atoms with E-state index in [1.165, 1.54) is 37.7 Å². The van der Waals surface area contributed by atoms with E-state index < -0.39 is 0 Å². The van der Waals surface area contributed by atoms with Gasteiger partial charge in [-0.05, 0) is 74.7 Å². The smallest absolute Gasteiger partial charge is 0.253 e. The Morgan fingerprint density at radius 1 is 1.14 bits per heavy atom. The molecule has 2 aromatic carbocycles. The molecule has 0 spiro atoms. The third kappa shape index (κ3) is 6.41. The first-order chi connectivity index (χ1) is 17.5. The summed E-state index contributed by atoms with van der Waals surface area (Å²) in [6.07, 6.45) is 6.51. The minimum absolute atomic E-state index is 0.0574. The minimum atomic E-state index is 0.0574. The second kappa shape index (κ2) is 13.0. The Morgan fingerprint density at radius 3 is 2.42 bits per heavy atom. The number of aryl methyl sites for hydroxylation is 1. The number of benzene rings is 2. The molecule has 1 aliphatic heterocycles. The van der Waals surface area contributed by atoms with Gasteiger partial charge in [0.2, 0.25) is 0 Å². The molecule has 2 aliphatic rings. The maximum atomic E-state index is 13.2. The van der Waals surface area contributed by atoms with Crippen LogP contribution < -0.4 is 5.32 Å². The molecule has 1 saturated carbocycles. The maximum Gasteiger partial charge on any atom is 0.253 e. The van der Waals surface area contributed by atoms with E-state index in [1.807, 2.05) is 54.3 Å². The van der Waals surface area contributed by atoms with E-state index in [1.54, 1.807) is 0 Å². The van der Waals surface area contributed by atoms with Gasteiger partial charge in [0, 0.05) is 43.8 Å². The number of carbonyl (C=O) groups is 1. The topological polar surface area (TPSA) is 88.7 Å². The van der Waals surface area contributed by atoms with Gasteiger partial charge in [-0.1, -0.05) is 37.5 Å². The van der Waals surface area contributed by atoms with Crippen LogP contribution in [-0.2, 0) is 0 Å². The summed E-state index contributed by atoms with van der Waals surface area (Å²) in [5.74, 6) is 1.06. The zero-order chi connectivity index (χ0) is 26.1. The third-order valence-electron chi connectivity index (χ3n) is 7.33. The molecule has 1 aliphatic carbocycles. The lowest BCUT2D eigenvalue weighted by Gasteiger charge is -2.39. The molecular formula is C30H38N4O2. The molecule has 6 heteroatoms. The van der Waals surface area contributed by atoms with E-state index in [9.17, 15) is 4.79 Å². The molecular weight excluding hydrogens is 448 g/mol. The lowest BCUT2D eigenvalue weighted by Crippen LogP contribution is -2.48. The van der Waals surface area contributed by atoms with Crippen LogP contribution in [0.15, 0.2) is 53.2 Å². The zero-order valence-corrected chi connectivity index (χ0v) is 21.8. The van der Waals surface area contributed by atoms with Crippen molar-refractivity contribution in [2.45, 2.75) is 51.9 Å². The van der Waals surface area contributed by atoms with Gasteiger partial charge >= 0.3 is 0 Å². The number of hydrogen-bond donors (Lipinski definition) is 2. The van der Waals surface area contributed by atoms with E-state index in [4.69, 9.17) is 10.4 Å². The number of nitrogens with one attached hydrogen (secondary N) is 1. The van der Waals surface area contributed by atoms with Crippen LogP contribution in [0, 0.1) is 24.2 Å². The maximum absolute atomic E-state index is 13.2. The van der Waals surface area contributed by atoms with Crippen LogP contribution in [0.1, 0.15) is 77.6 Å². The standard InChI is InChI=1S/C29H34N4O.CH4O/c1-20-9-12-25(29(34)33-18-26(19-33)24-13-10-22(16-30)11-14-24)15-27(20)28(21(2)31-3)32-17-23-7-5-4-6-8-23;1-2/h9-15,23,26,32H,3-8,17-19H2,1-2H3;2H,1H3/b28-21-;. The molecule has 1 amide bonds. The van der Waals surface area contributed by atoms with E-state index in [2.05, 4.69) is 30.0 Å². The van der Waals surface area contributed by atoms with Gasteiger partial charge in [-0.2, -0.15) is 5.26 Å². The summed E-state index contributed by atoms with van der Waals surface area (Å²) in [6.45, 7) is 10.1. The number of aliphatic hydroxyl groups excluding tert-OH is 1. The van der Waals surface area contributed by atoms with Gasteiger partial charge in [-0.3, -0.25) is 9.79 Å². The molecule has 0 unspecified atom stereocenters. The molecule has 1 saturated heterocycles. The summed E-state index contributed by atoms with van der Waals surface area (Å²) in [5.41, 5.74) is 6.51. The Hall–Kier alpha value is -3.43. The predicted octanol–water partition coefficient (Wildman–Crippen LogP) is 5.27. The quantitative estimate of drug-likeness (QED) is 0.522. The summed E-state index contributed by atoms with van der Waals surface area (Å²) < 4.78 is 0. The number of nitriles is 1. The van der Waals surface area contributed by atoms with Crippen molar-refractivity contribution in [1.29, 1.82) is 5.26 Å². The van der Waals surface area contributed by atoms with Crippen molar-refractivity contribution in [1.82, 2.24) is 10.2 Å². The highest BCUT2D eigenvalue weighted by Gasteiger charge is 2.32. The number of aliphatic hydroxyl groups is 1. The number of hydrogen-bond acceptors (Lipinski definition) is 5. The molecule has 36 heavy (non-hydrogen) atoms. The minimum Gasteiger partial charge on any atom is -0.400 e. The van der Waals surface area contributed by atoms with Crippen LogP contribution in [0.5, 0.6) is 0 Å². The van der Waals surface area contributed by atoms with E-state index in [0.29, 0.717) is 36.1 Å². The van der Waals surface area contributed by atoms with Crippen molar-refractivity contribution >= 4 is 18.3 Å². The number of carbonyl (C=O) groups excluding carboxylic acids is 1. The Labute approximate surface area is 215 Å². The summed E-state index contributed by atoms with van der Waals surface area (Å²) in [7, 11) is 1.00. The summed E-state index contributed by atoms with van der Waals surface area (Å²) >= 11 is 0. The van der Waals surface area contributed by atoms with E-state index >= 15 is 0 Å². The van der Waals surface area contributed by atoms with E-state index in [0.717, 1.165) is 36.2 Å². The lowest BCUT2D eigenvalue weighted by molar-refractivity contribution is 0.0602. The first-order valence-corrected chi connectivity index (χ1v) is 12.8. The number of likely N-dealkylation sites (tertiary alicyclic amines) is 1. The van der Waals surface area contributed by atoms with E-state index in [-0.39, 0.29) is 5.91 Å². The van der Waals surface area contributed by atoms with Crippen LogP contribution in [0.4, 0.5) is 0 Å². The van der Waals surface area contributed by atoms with Gasteiger partial charge in [0.1, 0.15) is 0 Å². The first kappa shape index (κ1) is 27.2. The molecule has 2 fully saturated rings. The number of amides is 1. The van der Waals surface area contributed by atoms with Gasteiger partial charge in [-0.15, -0.1) is 0 Å². The van der Waals surface area contributed by atoms with Crippen molar-refractivity contribution in [2.24, 2.45) is 10.9 Å². The second-order valence-electron chi connectivity index (χ2n) is 9.67. The Balaban J connectivity index is 0.00000176. The number of allylic oxidation sites excluding steroid dienone is 1. The van der Waals surface area contributed by atoms with Crippen LogP contribution >= 0.6 is 0 Å². The third-order valence-corrected chi connectivity index (χ3v) is 7.33. The lowest BCUT2D eigenvalue weighted by atomic mass is 9.89. The zero-order valence-electron chi connectivity index (χ0n) is 21.8. The fourth-order valence-electron chi connectivity index (χ4n) is 5.03. The normalized spacial score (nSPS) is 16.6. The first-order valence-electron chi connectivity index (χ1n) is 12.8.